The number of anilines is 3. The Bertz CT molecular complexity index is 1560. The quantitative estimate of drug-likeness (QED) is 0.396. The van der Waals surface area contributed by atoms with Crippen LogP contribution in [0.5, 0.6) is 0 Å². The third-order valence-electron chi connectivity index (χ3n) is 7.91. The van der Waals surface area contributed by atoms with Gasteiger partial charge in [0, 0.05) is 25.3 Å². The van der Waals surface area contributed by atoms with Crippen LogP contribution in [0.15, 0.2) is 29.2 Å². The van der Waals surface area contributed by atoms with Gasteiger partial charge < -0.3 is 15.4 Å². The number of carbonyl (C=O) groups is 1. The Balaban J connectivity index is 1.44. The summed E-state index contributed by atoms with van der Waals surface area (Å²) >= 11 is 0. The van der Waals surface area contributed by atoms with Crippen LogP contribution in [0.1, 0.15) is 68.5 Å². The van der Waals surface area contributed by atoms with Gasteiger partial charge in [-0.15, -0.1) is 0 Å². The Hall–Kier alpha value is -3.12. The number of pyridine rings is 1. The monoisotopic (exact) mass is 559 g/mol. The number of aryl methyl sites for hydroxylation is 1. The van der Waals surface area contributed by atoms with E-state index >= 15 is 0 Å². The minimum Gasteiger partial charge on any atom is -0.358 e. The Morgan fingerprint density at radius 2 is 1.87 bits per heavy atom. The molecule has 2 N–H and O–H groups in total. The number of fused-ring (bicyclic) bond motifs is 1. The number of imidazole rings is 1. The molecule has 1 aromatic carbocycles. The summed E-state index contributed by atoms with van der Waals surface area (Å²) in [6, 6.07) is 6.90. The molecule has 2 aliphatic carbocycles. The van der Waals surface area contributed by atoms with Crippen molar-refractivity contribution in [3.63, 3.8) is 0 Å². The van der Waals surface area contributed by atoms with Gasteiger partial charge in [0.2, 0.25) is 5.91 Å². The Morgan fingerprint density at radius 3 is 2.49 bits per heavy atom. The van der Waals surface area contributed by atoms with Crippen molar-refractivity contribution in [1.29, 1.82) is 0 Å². The Kier molecular flexibility index (Phi) is 6.37. The number of sulfone groups is 1. The Morgan fingerprint density at radius 1 is 1.10 bits per heavy atom. The first-order valence-electron chi connectivity index (χ1n) is 13.3. The van der Waals surface area contributed by atoms with Gasteiger partial charge >= 0.3 is 0 Å². The van der Waals surface area contributed by atoms with Gasteiger partial charge in [-0.3, -0.25) is 9.36 Å². The van der Waals surface area contributed by atoms with Crippen molar-refractivity contribution >= 4 is 44.1 Å². The van der Waals surface area contributed by atoms with Crippen molar-refractivity contribution in [3.05, 3.63) is 35.7 Å². The zero-order valence-corrected chi connectivity index (χ0v) is 22.7. The maximum atomic E-state index is 13.6. The topological polar surface area (TPSA) is 115 Å². The van der Waals surface area contributed by atoms with E-state index in [0.29, 0.717) is 40.9 Å². The molecule has 12 heteroatoms. The molecule has 0 radical (unpaired) electrons. The molecule has 1 amide bonds. The zero-order valence-electron chi connectivity index (χ0n) is 21.8. The predicted molar refractivity (Wildman–Crippen MR) is 142 cm³/mol. The van der Waals surface area contributed by atoms with Crippen LogP contribution in [-0.2, 0) is 19.4 Å². The molecule has 2 unspecified atom stereocenters. The van der Waals surface area contributed by atoms with Gasteiger partial charge in [0.05, 0.1) is 16.3 Å². The highest BCUT2D eigenvalue weighted by molar-refractivity contribution is 7.90. The molecular formula is C27H31F2N5O4S. The number of carbonyl (C=O) groups excluding carboxylic acids is 1. The van der Waals surface area contributed by atoms with Crippen molar-refractivity contribution in [2.75, 3.05) is 23.5 Å². The highest BCUT2D eigenvalue weighted by Crippen LogP contribution is 2.49. The fourth-order valence-corrected chi connectivity index (χ4v) is 6.27. The van der Waals surface area contributed by atoms with E-state index in [1.807, 2.05) is 17.6 Å². The largest absolute Gasteiger partial charge is 0.358 e. The average Bonchev–Trinajstić information content (AvgIpc) is 3.35. The minimum atomic E-state index is -3.59. The number of benzene rings is 1. The molecule has 2 saturated carbocycles. The molecule has 0 spiro atoms. The third-order valence-corrected chi connectivity index (χ3v) is 9.05. The zero-order chi connectivity index (χ0) is 27.5. The summed E-state index contributed by atoms with van der Waals surface area (Å²) in [6.07, 6.45) is 6.22. The highest BCUT2D eigenvalue weighted by Gasteiger charge is 2.61. The number of hydrogen-bond acceptors (Lipinski definition) is 7. The smallest absolute Gasteiger partial charge is 0.260 e. The number of amides is 1. The second-order valence-corrected chi connectivity index (χ2v) is 12.8. The molecular weight excluding hydrogens is 528 g/mol. The lowest BCUT2D eigenvalue weighted by atomic mass is 9.80. The number of rotatable bonds is 7. The number of alkyl halides is 2. The van der Waals surface area contributed by atoms with E-state index in [1.54, 1.807) is 12.1 Å². The molecule has 3 heterocycles. The molecule has 6 rings (SSSR count). The molecule has 2 aromatic heterocycles. The maximum absolute atomic E-state index is 13.6. The van der Waals surface area contributed by atoms with Crippen LogP contribution in [0.3, 0.4) is 0 Å². The van der Waals surface area contributed by atoms with E-state index in [-0.39, 0.29) is 16.9 Å². The lowest BCUT2D eigenvalue weighted by molar-refractivity contribution is -0.119. The number of hydrogen-bond donors (Lipinski definition) is 2. The maximum Gasteiger partial charge on any atom is 0.260 e. The molecule has 208 valence electrons. The van der Waals surface area contributed by atoms with Crippen LogP contribution < -0.4 is 10.6 Å². The summed E-state index contributed by atoms with van der Waals surface area (Å²) in [4.78, 5) is 22.0. The number of nitrogens with zero attached hydrogens (tertiary/aromatic N) is 3. The fraction of sp³-hybridized carbons (Fsp3) is 0.519. The number of nitrogens with one attached hydrogen (secondary N) is 2. The van der Waals surface area contributed by atoms with E-state index in [1.165, 1.54) is 12.3 Å². The lowest BCUT2D eigenvalue weighted by Gasteiger charge is -2.26. The summed E-state index contributed by atoms with van der Waals surface area (Å²) in [5.74, 6) is -4.17. The fourth-order valence-electron chi connectivity index (χ4n) is 5.40. The second kappa shape index (κ2) is 9.51. The highest BCUT2D eigenvalue weighted by atomic mass is 32.2. The van der Waals surface area contributed by atoms with Crippen molar-refractivity contribution < 1.29 is 26.7 Å². The first-order valence-corrected chi connectivity index (χ1v) is 15.2. The summed E-state index contributed by atoms with van der Waals surface area (Å²) in [7, 11) is -3.59. The van der Waals surface area contributed by atoms with Crippen LogP contribution in [0.25, 0.3) is 11.2 Å². The summed E-state index contributed by atoms with van der Waals surface area (Å²) in [5, 5.41) is 5.74. The molecule has 1 saturated heterocycles. The van der Waals surface area contributed by atoms with E-state index < -0.39 is 34.0 Å². The minimum absolute atomic E-state index is 0.0710. The van der Waals surface area contributed by atoms with Crippen LogP contribution in [-0.4, -0.2) is 47.6 Å². The van der Waals surface area contributed by atoms with Gasteiger partial charge in [0.15, 0.2) is 15.5 Å². The molecule has 3 aliphatic rings. The molecule has 1 aliphatic heterocycles. The van der Waals surface area contributed by atoms with Gasteiger partial charge in [-0.25, -0.2) is 27.2 Å². The molecule has 39 heavy (non-hydrogen) atoms. The van der Waals surface area contributed by atoms with Crippen molar-refractivity contribution in [2.24, 2.45) is 5.92 Å². The van der Waals surface area contributed by atoms with Crippen molar-refractivity contribution in [2.45, 2.75) is 74.8 Å². The summed E-state index contributed by atoms with van der Waals surface area (Å²) in [6.45, 7) is 2.41. The van der Waals surface area contributed by atoms with Crippen molar-refractivity contribution in [1.82, 2.24) is 14.5 Å². The molecule has 3 fully saturated rings. The van der Waals surface area contributed by atoms with Gasteiger partial charge in [-0.2, -0.15) is 0 Å². The number of aromatic nitrogens is 3. The van der Waals surface area contributed by atoms with E-state index in [2.05, 4.69) is 15.6 Å². The van der Waals surface area contributed by atoms with Crippen LogP contribution in [0, 0.1) is 12.8 Å². The van der Waals surface area contributed by atoms with Gasteiger partial charge in [0.25, 0.3) is 5.92 Å². The van der Waals surface area contributed by atoms with Gasteiger partial charge in [-0.05, 0) is 62.6 Å². The standard InChI is InChI=1S/C27H31F2N5O4S/c1-15-30-24-20(31-19-10-9-17(16-6-5-7-16)12-21(19)39(2,36)37)13-22(33-26(35)18-14-27(18,28)29)32-25(24)34(15)23-8-3-4-11-38-23/h9-10,12-13,16,18,23H,3-8,11,14H2,1-2H3,(H2,31,32,33,35). The summed E-state index contributed by atoms with van der Waals surface area (Å²) in [5.41, 5.74) is 2.62. The predicted octanol–water partition coefficient (Wildman–Crippen LogP) is 5.45. The lowest BCUT2D eigenvalue weighted by Crippen LogP contribution is -2.20. The van der Waals surface area contributed by atoms with E-state index in [0.717, 1.165) is 44.1 Å². The van der Waals surface area contributed by atoms with Crippen LogP contribution in [0.4, 0.5) is 26.0 Å². The Labute approximate surface area is 225 Å². The summed E-state index contributed by atoms with van der Waals surface area (Å²) < 4.78 is 60.6. The van der Waals surface area contributed by atoms with Gasteiger partial charge in [0.1, 0.15) is 29.3 Å². The van der Waals surface area contributed by atoms with Crippen LogP contribution >= 0.6 is 0 Å². The normalized spacial score (nSPS) is 22.9. The van der Waals surface area contributed by atoms with E-state index in [9.17, 15) is 22.0 Å². The average molecular weight is 560 g/mol. The molecule has 3 aromatic rings. The third kappa shape index (κ3) is 5.00. The number of ether oxygens (including phenoxy) is 1. The number of halogens is 2. The second-order valence-electron chi connectivity index (χ2n) is 10.9. The van der Waals surface area contributed by atoms with Crippen LogP contribution in [0.2, 0.25) is 0 Å². The van der Waals surface area contributed by atoms with E-state index in [4.69, 9.17) is 9.72 Å². The SMILES string of the molecule is Cc1nc2c(Nc3ccc(C4CCC4)cc3S(C)(=O)=O)cc(NC(=O)C3CC3(F)F)nc2n1C1CCCCO1. The van der Waals surface area contributed by atoms with Gasteiger partial charge in [-0.1, -0.05) is 12.5 Å². The molecule has 9 nitrogen and oxygen atoms in total. The first kappa shape index (κ1) is 26.1. The first-order chi connectivity index (χ1) is 18.5. The molecule has 0 bridgehead atoms. The molecule has 2 atom stereocenters. The van der Waals surface area contributed by atoms with Crippen molar-refractivity contribution in [3.8, 4) is 0 Å².